The van der Waals surface area contributed by atoms with Crippen molar-refractivity contribution in [3.8, 4) is 10.6 Å². The summed E-state index contributed by atoms with van der Waals surface area (Å²) in [6.45, 7) is 2.69. The highest BCUT2D eigenvalue weighted by Crippen LogP contribution is 2.23. The Labute approximate surface area is 104 Å². The van der Waals surface area contributed by atoms with Gasteiger partial charge in [0.05, 0.1) is 18.4 Å². The molecule has 4 nitrogen and oxygen atoms in total. The van der Waals surface area contributed by atoms with Gasteiger partial charge in [0.1, 0.15) is 5.01 Å². The first kappa shape index (κ1) is 11.0. The van der Waals surface area contributed by atoms with Gasteiger partial charge in [0.25, 0.3) is 0 Å². The fourth-order valence-electron chi connectivity index (χ4n) is 1.97. The third-order valence-electron chi connectivity index (χ3n) is 2.84. The van der Waals surface area contributed by atoms with Crippen LogP contribution in [0, 0.1) is 0 Å². The summed E-state index contributed by atoms with van der Waals surface area (Å²) >= 11 is 1.69. The van der Waals surface area contributed by atoms with Crippen molar-refractivity contribution in [1.29, 1.82) is 0 Å². The summed E-state index contributed by atoms with van der Waals surface area (Å²) in [7, 11) is 0. The lowest BCUT2D eigenvalue weighted by molar-refractivity contribution is 0.0287. The van der Waals surface area contributed by atoms with E-state index in [9.17, 15) is 0 Å². The van der Waals surface area contributed by atoms with Gasteiger partial charge in [-0.15, -0.1) is 11.3 Å². The number of morpholine rings is 1. The van der Waals surface area contributed by atoms with E-state index < -0.39 is 0 Å². The molecule has 0 aromatic carbocycles. The lowest BCUT2D eigenvalue weighted by Crippen LogP contribution is -2.39. The van der Waals surface area contributed by atoms with Crippen LogP contribution in [0.25, 0.3) is 10.6 Å². The van der Waals surface area contributed by atoms with Crippen LogP contribution < -0.4 is 5.32 Å². The monoisotopic (exact) mass is 249 g/mol. The fourth-order valence-corrected chi connectivity index (χ4v) is 2.80. The molecule has 1 unspecified atom stereocenters. The molecule has 0 amide bonds. The molecule has 2 aromatic heterocycles. The molecule has 3 heterocycles. The lowest BCUT2D eigenvalue weighted by Gasteiger charge is -2.22. The molecule has 0 radical (unpaired) electrons. The van der Waals surface area contributed by atoms with Gasteiger partial charge in [-0.1, -0.05) is 0 Å². The van der Waals surface area contributed by atoms with Gasteiger partial charge in [0.15, 0.2) is 0 Å². The number of H-pyrrole nitrogens is 1. The van der Waals surface area contributed by atoms with E-state index in [0.717, 1.165) is 42.4 Å². The van der Waals surface area contributed by atoms with Crippen molar-refractivity contribution in [2.45, 2.75) is 12.5 Å². The van der Waals surface area contributed by atoms with Crippen LogP contribution in [0.4, 0.5) is 0 Å². The molecule has 2 aromatic rings. The van der Waals surface area contributed by atoms with Crippen molar-refractivity contribution in [2.75, 3.05) is 19.7 Å². The predicted octanol–water partition coefficient (Wildman–Crippen LogP) is 1.67. The maximum Gasteiger partial charge on any atom is 0.125 e. The second-order valence-corrected chi connectivity index (χ2v) is 5.00. The molecule has 0 saturated carbocycles. The predicted molar refractivity (Wildman–Crippen MR) is 68.2 cm³/mol. The van der Waals surface area contributed by atoms with Crippen LogP contribution in [0.1, 0.15) is 5.69 Å². The lowest BCUT2D eigenvalue weighted by atomic mass is 10.2. The standard InChI is InChI=1S/C12H15N3OS/c1-2-13-6-9(1)12-15-10(8-17-12)5-11-7-14-3-4-16-11/h1-2,6,8,11,13-14H,3-5,7H2. The molecule has 3 rings (SSSR count). The number of nitrogens with zero attached hydrogens (tertiary/aromatic N) is 1. The quantitative estimate of drug-likeness (QED) is 0.870. The van der Waals surface area contributed by atoms with E-state index in [2.05, 4.69) is 20.7 Å². The Hall–Kier alpha value is -1.17. The zero-order valence-electron chi connectivity index (χ0n) is 9.48. The van der Waals surface area contributed by atoms with E-state index >= 15 is 0 Å². The number of nitrogens with one attached hydrogen (secondary N) is 2. The molecule has 0 spiro atoms. The molecule has 1 fully saturated rings. The Morgan fingerprint density at radius 2 is 2.53 bits per heavy atom. The van der Waals surface area contributed by atoms with Crippen molar-refractivity contribution < 1.29 is 4.74 Å². The molecule has 1 saturated heterocycles. The Kier molecular flexibility index (Phi) is 3.22. The fraction of sp³-hybridized carbons (Fsp3) is 0.417. The first-order chi connectivity index (χ1) is 8.42. The van der Waals surface area contributed by atoms with Crippen LogP contribution >= 0.6 is 11.3 Å². The Morgan fingerprint density at radius 1 is 1.53 bits per heavy atom. The number of aromatic nitrogens is 2. The first-order valence-corrected chi connectivity index (χ1v) is 6.69. The SMILES string of the molecule is c1cc(-c2nc(CC3CNCCO3)cs2)c[nH]1. The molecule has 1 atom stereocenters. The van der Waals surface area contributed by atoms with Crippen LogP contribution in [-0.4, -0.2) is 35.8 Å². The molecular weight excluding hydrogens is 234 g/mol. The summed E-state index contributed by atoms with van der Waals surface area (Å²) in [5.74, 6) is 0. The molecule has 0 aliphatic carbocycles. The highest BCUT2D eigenvalue weighted by atomic mass is 32.1. The van der Waals surface area contributed by atoms with Crippen LogP contribution in [0.5, 0.6) is 0 Å². The summed E-state index contributed by atoms with van der Waals surface area (Å²) in [4.78, 5) is 7.69. The van der Waals surface area contributed by atoms with Gasteiger partial charge in [0, 0.05) is 42.8 Å². The minimum absolute atomic E-state index is 0.268. The summed E-state index contributed by atoms with van der Waals surface area (Å²) in [5, 5.41) is 6.53. The summed E-state index contributed by atoms with van der Waals surface area (Å²) in [5.41, 5.74) is 2.28. The molecule has 2 N–H and O–H groups in total. The smallest absolute Gasteiger partial charge is 0.125 e. The number of ether oxygens (including phenoxy) is 1. The normalized spacial score (nSPS) is 20.6. The molecule has 5 heteroatoms. The van der Waals surface area contributed by atoms with Crippen LogP contribution in [-0.2, 0) is 11.2 Å². The van der Waals surface area contributed by atoms with E-state index in [4.69, 9.17) is 4.74 Å². The minimum atomic E-state index is 0.268. The first-order valence-electron chi connectivity index (χ1n) is 5.82. The van der Waals surface area contributed by atoms with E-state index in [0.29, 0.717) is 0 Å². The zero-order valence-corrected chi connectivity index (χ0v) is 10.3. The van der Waals surface area contributed by atoms with Gasteiger partial charge in [-0.25, -0.2) is 4.98 Å². The Balaban J connectivity index is 1.68. The summed E-state index contributed by atoms with van der Waals surface area (Å²) < 4.78 is 5.68. The molecule has 1 aliphatic heterocycles. The molecule has 17 heavy (non-hydrogen) atoms. The minimum Gasteiger partial charge on any atom is -0.375 e. The largest absolute Gasteiger partial charge is 0.375 e. The van der Waals surface area contributed by atoms with Crippen LogP contribution in [0.2, 0.25) is 0 Å². The topological polar surface area (TPSA) is 49.9 Å². The van der Waals surface area contributed by atoms with E-state index in [-0.39, 0.29) is 6.10 Å². The van der Waals surface area contributed by atoms with E-state index in [1.807, 2.05) is 18.5 Å². The number of rotatable bonds is 3. The van der Waals surface area contributed by atoms with Gasteiger partial charge in [-0.3, -0.25) is 0 Å². The van der Waals surface area contributed by atoms with Gasteiger partial charge >= 0.3 is 0 Å². The third kappa shape index (κ3) is 2.57. The maximum absolute atomic E-state index is 5.68. The highest BCUT2D eigenvalue weighted by Gasteiger charge is 2.15. The summed E-state index contributed by atoms with van der Waals surface area (Å²) in [6.07, 6.45) is 5.06. The number of thiazole rings is 1. The van der Waals surface area contributed by atoms with Crippen LogP contribution in [0.15, 0.2) is 23.8 Å². The zero-order chi connectivity index (χ0) is 11.5. The summed E-state index contributed by atoms with van der Waals surface area (Å²) in [6, 6.07) is 2.04. The maximum atomic E-state index is 5.68. The van der Waals surface area contributed by atoms with Gasteiger partial charge in [-0.2, -0.15) is 0 Å². The molecule has 0 bridgehead atoms. The number of hydrogen-bond donors (Lipinski definition) is 2. The molecule has 1 aliphatic rings. The van der Waals surface area contributed by atoms with Gasteiger partial charge < -0.3 is 15.0 Å². The van der Waals surface area contributed by atoms with Crippen molar-refractivity contribution in [2.24, 2.45) is 0 Å². The Morgan fingerprint density at radius 3 is 3.29 bits per heavy atom. The van der Waals surface area contributed by atoms with E-state index in [1.54, 1.807) is 11.3 Å². The van der Waals surface area contributed by atoms with Crippen molar-refractivity contribution in [3.63, 3.8) is 0 Å². The Bertz CT molecular complexity index is 460. The third-order valence-corrected chi connectivity index (χ3v) is 3.78. The average Bonchev–Trinajstić information content (AvgIpc) is 3.00. The second kappa shape index (κ2) is 5.00. The molecular formula is C12H15N3OS. The molecule has 90 valence electrons. The van der Waals surface area contributed by atoms with Gasteiger partial charge in [-0.05, 0) is 6.07 Å². The van der Waals surface area contributed by atoms with Crippen molar-refractivity contribution in [3.05, 3.63) is 29.5 Å². The second-order valence-electron chi connectivity index (χ2n) is 4.14. The van der Waals surface area contributed by atoms with Crippen molar-refractivity contribution >= 4 is 11.3 Å². The van der Waals surface area contributed by atoms with E-state index in [1.165, 1.54) is 0 Å². The number of hydrogen-bond acceptors (Lipinski definition) is 4. The van der Waals surface area contributed by atoms with Crippen molar-refractivity contribution in [1.82, 2.24) is 15.3 Å². The van der Waals surface area contributed by atoms with Crippen LogP contribution in [0.3, 0.4) is 0 Å². The number of aromatic amines is 1. The highest BCUT2D eigenvalue weighted by molar-refractivity contribution is 7.13. The van der Waals surface area contributed by atoms with Gasteiger partial charge in [0.2, 0.25) is 0 Å². The average molecular weight is 249 g/mol.